The lowest BCUT2D eigenvalue weighted by molar-refractivity contribution is 0.320. The summed E-state index contributed by atoms with van der Waals surface area (Å²) in [5.74, 6) is 0. The van der Waals surface area contributed by atoms with Gasteiger partial charge in [-0.2, -0.15) is 0 Å². The van der Waals surface area contributed by atoms with E-state index in [0.717, 1.165) is 23.7 Å². The van der Waals surface area contributed by atoms with Gasteiger partial charge in [-0.15, -0.1) is 0 Å². The number of nitrogens with zero attached hydrogens (tertiary/aromatic N) is 1. The number of aryl methyl sites for hydroxylation is 1. The van der Waals surface area contributed by atoms with Crippen LogP contribution in [0.3, 0.4) is 0 Å². The first-order valence-corrected chi connectivity index (χ1v) is 7.91. The Labute approximate surface area is 137 Å². The van der Waals surface area contributed by atoms with E-state index in [1.807, 2.05) is 6.92 Å². The van der Waals surface area contributed by atoms with Gasteiger partial charge in [0.1, 0.15) is 0 Å². The highest BCUT2D eigenvalue weighted by atomic mass is 35.5. The quantitative estimate of drug-likeness (QED) is 0.621. The molecule has 0 unspecified atom stereocenters. The van der Waals surface area contributed by atoms with E-state index in [0.29, 0.717) is 0 Å². The Kier molecular flexibility index (Phi) is 4.47. The average molecular weight is 310 g/mol. The smallest absolute Gasteiger partial charge is 0.0438 e. The molecule has 0 saturated carbocycles. The van der Waals surface area contributed by atoms with Crippen LogP contribution >= 0.6 is 11.6 Å². The summed E-state index contributed by atoms with van der Waals surface area (Å²) in [6, 6.07) is 21.4. The molecular weight excluding hydrogens is 290 g/mol. The van der Waals surface area contributed by atoms with E-state index in [4.69, 9.17) is 11.6 Å². The monoisotopic (exact) mass is 309 g/mol. The van der Waals surface area contributed by atoms with Crippen molar-refractivity contribution in [1.29, 1.82) is 0 Å². The molecule has 22 heavy (non-hydrogen) atoms. The van der Waals surface area contributed by atoms with Gasteiger partial charge in [0, 0.05) is 18.1 Å². The minimum atomic E-state index is 0.844. The van der Waals surface area contributed by atoms with E-state index >= 15 is 0 Å². The Morgan fingerprint density at radius 3 is 2.50 bits per heavy atom. The van der Waals surface area contributed by atoms with Crippen molar-refractivity contribution in [3.63, 3.8) is 0 Å². The molecule has 1 nitrogen and oxygen atoms in total. The van der Waals surface area contributed by atoms with Crippen molar-refractivity contribution in [2.24, 2.45) is 0 Å². The summed E-state index contributed by atoms with van der Waals surface area (Å²) in [5.41, 5.74) is 3.74. The molecule has 0 aliphatic rings. The molecule has 3 aromatic carbocycles. The maximum absolute atomic E-state index is 6.22. The fraction of sp³-hybridized carbons (Fsp3) is 0.200. The van der Waals surface area contributed by atoms with E-state index in [9.17, 15) is 0 Å². The third kappa shape index (κ3) is 3.32. The van der Waals surface area contributed by atoms with Gasteiger partial charge < -0.3 is 0 Å². The van der Waals surface area contributed by atoms with Crippen molar-refractivity contribution < 1.29 is 0 Å². The minimum Gasteiger partial charge on any atom is -0.298 e. The number of hydrogen-bond donors (Lipinski definition) is 0. The average Bonchev–Trinajstić information content (AvgIpc) is 2.51. The van der Waals surface area contributed by atoms with Gasteiger partial charge in [-0.1, -0.05) is 66.2 Å². The maximum Gasteiger partial charge on any atom is 0.0438 e. The van der Waals surface area contributed by atoms with Gasteiger partial charge in [-0.3, -0.25) is 4.90 Å². The Hall–Kier alpha value is -1.83. The van der Waals surface area contributed by atoms with Crippen molar-refractivity contribution in [2.75, 3.05) is 7.05 Å². The summed E-state index contributed by atoms with van der Waals surface area (Å²) in [5, 5.41) is 3.47. The minimum absolute atomic E-state index is 0.844. The van der Waals surface area contributed by atoms with Gasteiger partial charge in [-0.05, 0) is 47.5 Å². The van der Waals surface area contributed by atoms with Gasteiger partial charge in [0.25, 0.3) is 0 Å². The van der Waals surface area contributed by atoms with Gasteiger partial charge in [0.05, 0.1) is 0 Å². The van der Waals surface area contributed by atoms with Crippen LogP contribution in [0.25, 0.3) is 10.8 Å². The number of hydrogen-bond acceptors (Lipinski definition) is 1. The van der Waals surface area contributed by atoms with E-state index in [-0.39, 0.29) is 0 Å². The van der Waals surface area contributed by atoms with E-state index < -0.39 is 0 Å². The second-order valence-electron chi connectivity index (χ2n) is 5.89. The summed E-state index contributed by atoms with van der Waals surface area (Å²) in [6.07, 6.45) is 0. The molecular formula is C20H20ClN. The predicted molar refractivity (Wildman–Crippen MR) is 95.3 cm³/mol. The summed E-state index contributed by atoms with van der Waals surface area (Å²) in [4.78, 5) is 2.32. The van der Waals surface area contributed by atoms with Crippen LogP contribution in [0.15, 0.2) is 60.7 Å². The topological polar surface area (TPSA) is 3.24 Å². The third-order valence-corrected chi connectivity index (χ3v) is 4.42. The number of fused-ring (bicyclic) bond motifs is 1. The van der Waals surface area contributed by atoms with Crippen molar-refractivity contribution >= 4 is 22.4 Å². The van der Waals surface area contributed by atoms with Gasteiger partial charge in [0.2, 0.25) is 0 Å². The van der Waals surface area contributed by atoms with Crippen LogP contribution in [0.4, 0.5) is 0 Å². The van der Waals surface area contributed by atoms with Crippen LogP contribution in [0.2, 0.25) is 5.02 Å². The fourth-order valence-electron chi connectivity index (χ4n) is 2.82. The highest BCUT2D eigenvalue weighted by Gasteiger charge is 2.06. The number of rotatable bonds is 4. The Balaban J connectivity index is 1.78. The molecule has 0 N–H and O–H groups in total. The Morgan fingerprint density at radius 2 is 1.68 bits per heavy atom. The molecule has 0 spiro atoms. The van der Waals surface area contributed by atoms with Crippen molar-refractivity contribution in [3.05, 3.63) is 82.4 Å². The van der Waals surface area contributed by atoms with Crippen LogP contribution in [0, 0.1) is 6.92 Å². The summed E-state index contributed by atoms with van der Waals surface area (Å²) in [6.45, 7) is 3.85. The molecule has 0 aliphatic carbocycles. The fourth-order valence-corrected chi connectivity index (χ4v) is 3.03. The van der Waals surface area contributed by atoms with E-state index in [1.54, 1.807) is 0 Å². The first-order chi connectivity index (χ1) is 10.6. The van der Waals surface area contributed by atoms with Gasteiger partial charge >= 0.3 is 0 Å². The van der Waals surface area contributed by atoms with Crippen LogP contribution in [-0.2, 0) is 13.1 Å². The molecule has 3 aromatic rings. The molecule has 0 fully saturated rings. The molecule has 3 rings (SSSR count). The van der Waals surface area contributed by atoms with Crippen LogP contribution < -0.4 is 0 Å². The number of benzene rings is 3. The first kappa shape index (κ1) is 15.1. The molecule has 112 valence electrons. The lowest BCUT2D eigenvalue weighted by Crippen LogP contribution is -2.17. The second-order valence-corrected chi connectivity index (χ2v) is 6.30. The molecule has 2 heteroatoms. The normalized spacial score (nSPS) is 11.3. The third-order valence-electron chi connectivity index (χ3n) is 4.01. The van der Waals surface area contributed by atoms with Crippen molar-refractivity contribution in [1.82, 2.24) is 4.90 Å². The van der Waals surface area contributed by atoms with Crippen LogP contribution in [0.1, 0.15) is 16.7 Å². The highest BCUT2D eigenvalue weighted by Crippen LogP contribution is 2.21. The zero-order valence-corrected chi connectivity index (χ0v) is 13.8. The predicted octanol–water partition coefficient (Wildman–Crippen LogP) is 5.43. The molecule has 0 bridgehead atoms. The molecule has 0 amide bonds. The van der Waals surface area contributed by atoms with Crippen molar-refractivity contribution in [2.45, 2.75) is 20.0 Å². The summed E-state index contributed by atoms with van der Waals surface area (Å²) >= 11 is 6.22. The van der Waals surface area contributed by atoms with E-state index in [1.165, 1.54) is 21.9 Å². The summed E-state index contributed by atoms with van der Waals surface area (Å²) < 4.78 is 0. The largest absolute Gasteiger partial charge is 0.298 e. The van der Waals surface area contributed by atoms with Crippen LogP contribution in [0.5, 0.6) is 0 Å². The molecule has 0 heterocycles. The lowest BCUT2D eigenvalue weighted by Gasteiger charge is -2.18. The SMILES string of the molecule is Cc1ccc(CN(C)Cc2cccc3ccccc23)cc1Cl. The van der Waals surface area contributed by atoms with Crippen LogP contribution in [-0.4, -0.2) is 11.9 Å². The maximum atomic E-state index is 6.22. The lowest BCUT2D eigenvalue weighted by atomic mass is 10.0. The van der Waals surface area contributed by atoms with E-state index in [2.05, 4.69) is 72.6 Å². The molecule has 0 saturated heterocycles. The standard InChI is InChI=1S/C20H20ClN/c1-15-10-11-16(12-20(15)21)13-22(2)14-18-8-5-7-17-6-3-4-9-19(17)18/h3-12H,13-14H2,1-2H3. The molecule has 0 aromatic heterocycles. The second kappa shape index (κ2) is 6.51. The molecule has 0 aliphatic heterocycles. The Bertz CT molecular complexity index is 789. The number of halogens is 1. The van der Waals surface area contributed by atoms with Crippen molar-refractivity contribution in [3.8, 4) is 0 Å². The highest BCUT2D eigenvalue weighted by molar-refractivity contribution is 6.31. The Morgan fingerprint density at radius 1 is 0.909 bits per heavy atom. The van der Waals surface area contributed by atoms with Gasteiger partial charge in [0.15, 0.2) is 0 Å². The van der Waals surface area contributed by atoms with Gasteiger partial charge in [-0.25, -0.2) is 0 Å². The first-order valence-electron chi connectivity index (χ1n) is 7.54. The zero-order valence-electron chi connectivity index (χ0n) is 13.0. The molecule has 0 atom stereocenters. The molecule has 0 radical (unpaired) electrons. The zero-order chi connectivity index (χ0) is 15.5. The summed E-state index contributed by atoms with van der Waals surface area (Å²) in [7, 11) is 2.15.